The van der Waals surface area contributed by atoms with E-state index in [1.54, 1.807) is 24.3 Å². The van der Waals surface area contributed by atoms with Crippen LogP contribution in [0.5, 0.6) is 5.75 Å². The molecule has 0 aliphatic rings. The standard InChI is InChI=1S/C14H15NO3/c1-2-8-18-14(17)15-13-5-3-4-10-6-7-11(16)9-12(10)13/h3-7,9,16H,2,8H2,1H3,(H,15,17). The van der Waals surface area contributed by atoms with Gasteiger partial charge in [0.1, 0.15) is 5.75 Å². The highest BCUT2D eigenvalue weighted by atomic mass is 16.5. The number of nitrogens with one attached hydrogen (secondary N) is 1. The third kappa shape index (κ3) is 2.71. The number of fused-ring (bicyclic) bond motifs is 1. The fourth-order valence-corrected chi connectivity index (χ4v) is 1.71. The number of aromatic hydroxyl groups is 1. The third-order valence-electron chi connectivity index (χ3n) is 2.54. The molecule has 2 N–H and O–H groups in total. The predicted molar refractivity (Wildman–Crippen MR) is 70.9 cm³/mol. The average Bonchev–Trinajstić information content (AvgIpc) is 2.37. The fraction of sp³-hybridized carbons (Fsp3) is 0.214. The van der Waals surface area contributed by atoms with Crippen LogP contribution in [0.2, 0.25) is 0 Å². The van der Waals surface area contributed by atoms with Crippen LogP contribution in [0.1, 0.15) is 13.3 Å². The van der Waals surface area contributed by atoms with Crippen molar-refractivity contribution in [2.75, 3.05) is 11.9 Å². The molecule has 0 aliphatic heterocycles. The number of carbonyl (C=O) groups is 1. The number of phenolic OH excluding ortho intramolecular Hbond substituents is 1. The molecule has 0 aliphatic carbocycles. The molecule has 2 rings (SSSR count). The Morgan fingerprint density at radius 3 is 2.94 bits per heavy atom. The molecule has 0 fully saturated rings. The quantitative estimate of drug-likeness (QED) is 0.870. The number of anilines is 1. The number of phenols is 1. The molecule has 4 nitrogen and oxygen atoms in total. The third-order valence-corrected chi connectivity index (χ3v) is 2.54. The number of benzene rings is 2. The molecule has 0 unspecified atom stereocenters. The smallest absolute Gasteiger partial charge is 0.411 e. The summed E-state index contributed by atoms with van der Waals surface area (Å²) in [6.07, 6.45) is 0.303. The van der Waals surface area contributed by atoms with Crippen molar-refractivity contribution in [3.8, 4) is 5.75 Å². The van der Waals surface area contributed by atoms with E-state index in [4.69, 9.17) is 4.74 Å². The zero-order valence-corrected chi connectivity index (χ0v) is 10.1. The summed E-state index contributed by atoms with van der Waals surface area (Å²) in [5.74, 6) is 0.165. The maximum absolute atomic E-state index is 11.5. The van der Waals surface area contributed by atoms with Crippen LogP contribution >= 0.6 is 0 Å². The van der Waals surface area contributed by atoms with E-state index in [-0.39, 0.29) is 5.75 Å². The SMILES string of the molecule is CCCOC(=O)Nc1cccc2ccc(O)cc12. The number of amides is 1. The van der Waals surface area contributed by atoms with Crippen LogP contribution in [-0.2, 0) is 4.74 Å². The second-order valence-corrected chi connectivity index (χ2v) is 3.97. The lowest BCUT2D eigenvalue weighted by Crippen LogP contribution is -2.14. The molecule has 0 radical (unpaired) electrons. The van der Waals surface area contributed by atoms with Crippen molar-refractivity contribution in [1.29, 1.82) is 0 Å². The Morgan fingerprint density at radius 2 is 2.17 bits per heavy atom. The second kappa shape index (κ2) is 5.40. The van der Waals surface area contributed by atoms with Gasteiger partial charge in [0.05, 0.1) is 12.3 Å². The summed E-state index contributed by atoms with van der Waals surface area (Å²) in [6, 6.07) is 10.6. The monoisotopic (exact) mass is 245 g/mol. The van der Waals surface area contributed by atoms with E-state index in [0.717, 1.165) is 17.2 Å². The van der Waals surface area contributed by atoms with E-state index in [1.165, 1.54) is 0 Å². The van der Waals surface area contributed by atoms with E-state index in [2.05, 4.69) is 5.32 Å². The molecule has 0 heterocycles. The Hall–Kier alpha value is -2.23. The molecular formula is C14H15NO3. The number of ether oxygens (including phenoxy) is 1. The summed E-state index contributed by atoms with van der Waals surface area (Å²) >= 11 is 0. The molecule has 94 valence electrons. The van der Waals surface area contributed by atoms with Gasteiger partial charge in [-0.05, 0) is 30.0 Å². The van der Waals surface area contributed by atoms with Crippen molar-refractivity contribution < 1.29 is 14.6 Å². The van der Waals surface area contributed by atoms with Gasteiger partial charge < -0.3 is 9.84 Å². The first-order valence-electron chi connectivity index (χ1n) is 5.86. The molecule has 2 aromatic rings. The van der Waals surface area contributed by atoms with Crippen molar-refractivity contribution in [1.82, 2.24) is 0 Å². The largest absolute Gasteiger partial charge is 0.508 e. The maximum atomic E-state index is 11.5. The summed E-state index contributed by atoms with van der Waals surface area (Å²) in [5, 5.41) is 13.9. The van der Waals surface area contributed by atoms with Gasteiger partial charge in [-0.2, -0.15) is 0 Å². The Kier molecular flexibility index (Phi) is 3.67. The molecule has 0 atom stereocenters. The Balaban J connectivity index is 2.27. The van der Waals surface area contributed by atoms with Gasteiger partial charge in [0.25, 0.3) is 0 Å². The Morgan fingerprint density at radius 1 is 1.33 bits per heavy atom. The number of hydrogen-bond acceptors (Lipinski definition) is 3. The van der Waals surface area contributed by atoms with Crippen LogP contribution in [0.15, 0.2) is 36.4 Å². The highest BCUT2D eigenvalue weighted by Gasteiger charge is 2.06. The van der Waals surface area contributed by atoms with E-state index in [0.29, 0.717) is 12.3 Å². The average molecular weight is 245 g/mol. The van der Waals surface area contributed by atoms with Crippen LogP contribution in [0.4, 0.5) is 10.5 Å². The molecule has 18 heavy (non-hydrogen) atoms. The van der Waals surface area contributed by atoms with E-state index in [1.807, 2.05) is 19.1 Å². The molecule has 4 heteroatoms. The zero-order valence-electron chi connectivity index (χ0n) is 10.1. The lowest BCUT2D eigenvalue weighted by Gasteiger charge is -2.09. The first-order chi connectivity index (χ1) is 8.70. The molecule has 1 amide bonds. The number of hydrogen-bond donors (Lipinski definition) is 2. The molecule has 2 aromatic carbocycles. The summed E-state index contributed by atoms with van der Waals surface area (Å²) < 4.78 is 4.96. The minimum Gasteiger partial charge on any atom is -0.508 e. The summed E-state index contributed by atoms with van der Waals surface area (Å²) in [5.41, 5.74) is 0.629. The normalized spacial score (nSPS) is 10.3. The minimum atomic E-state index is -0.479. The summed E-state index contributed by atoms with van der Waals surface area (Å²) in [7, 11) is 0. The lowest BCUT2D eigenvalue weighted by atomic mass is 10.1. The topological polar surface area (TPSA) is 58.6 Å². The van der Waals surface area contributed by atoms with Crippen LogP contribution < -0.4 is 5.32 Å². The Bertz CT molecular complexity index is 566. The highest BCUT2D eigenvalue weighted by molar-refractivity contribution is 6.00. The molecule has 0 aromatic heterocycles. The van der Waals surface area contributed by atoms with E-state index in [9.17, 15) is 9.90 Å². The van der Waals surface area contributed by atoms with E-state index >= 15 is 0 Å². The molecule has 0 bridgehead atoms. The molecule has 0 saturated carbocycles. The van der Waals surface area contributed by atoms with Crippen molar-refractivity contribution in [3.63, 3.8) is 0 Å². The highest BCUT2D eigenvalue weighted by Crippen LogP contribution is 2.26. The van der Waals surface area contributed by atoms with Gasteiger partial charge >= 0.3 is 6.09 Å². The molecule has 0 saturated heterocycles. The van der Waals surface area contributed by atoms with Gasteiger partial charge in [0, 0.05) is 5.39 Å². The Labute approximate surface area is 105 Å². The summed E-state index contributed by atoms with van der Waals surface area (Å²) in [6.45, 7) is 2.32. The van der Waals surface area contributed by atoms with Crippen molar-refractivity contribution in [2.45, 2.75) is 13.3 Å². The van der Waals surface area contributed by atoms with Gasteiger partial charge in [-0.25, -0.2) is 4.79 Å². The predicted octanol–water partition coefficient (Wildman–Crippen LogP) is 3.50. The molecular weight excluding hydrogens is 230 g/mol. The zero-order chi connectivity index (χ0) is 13.0. The van der Waals surface area contributed by atoms with Crippen LogP contribution in [0.3, 0.4) is 0 Å². The van der Waals surface area contributed by atoms with Gasteiger partial charge in [0.2, 0.25) is 0 Å². The lowest BCUT2D eigenvalue weighted by molar-refractivity contribution is 0.162. The van der Waals surface area contributed by atoms with Crippen LogP contribution in [-0.4, -0.2) is 17.8 Å². The van der Waals surface area contributed by atoms with Crippen LogP contribution in [0, 0.1) is 0 Å². The fourth-order valence-electron chi connectivity index (χ4n) is 1.71. The van der Waals surface area contributed by atoms with Crippen molar-refractivity contribution in [3.05, 3.63) is 36.4 Å². The number of rotatable bonds is 3. The minimum absolute atomic E-state index is 0.165. The first-order valence-corrected chi connectivity index (χ1v) is 5.86. The van der Waals surface area contributed by atoms with Gasteiger partial charge in [-0.3, -0.25) is 5.32 Å². The second-order valence-electron chi connectivity index (χ2n) is 3.97. The summed E-state index contributed by atoms with van der Waals surface area (Å²) in [4.78, 5) is 11.5. The molecule has 0 spiro atoms. The number of carbonyl (C=O) groups excluding carboxylic acids is 1. The van der Waals surface area contributed by atoms with Crippen molar-refractivity contribution in [2.24, 2.45) is 0 Å². The maximum Gasteiger partial charge on any atom is 0.411 e. The van der Waals surface area contributed by atoms with E-state index < -0.39 is 6.09 Å². The first kappa shape index (κ1) is 12.2. The van der Waals surface area contributed by atoms with Crippen LogP contribution in [0.25, 0.3) is 10.8 Å². The van der Waals surface area contributed by atoms with Crippen molar-refractivity contribution >= 4 is 22.6 Å². The van der Waals surface area contributed by atoms with Gasteiger partial charge in [-0.1, -0.05) is 25.1 Å². The van der Waals surface area contributed by atoms with Gasteiger partial charge in [0.15, 0.2) is 0 Å². The van der Waals surface area contributed by atoms with Gasteiger partial charge in [-0.15, -0.1) is 0 Å².